The Morgan fingerprint density at radius 1 is 1.53 bits per heavy atom. The lowest BCUT2D eigenvalue weighted by Gasteiger charge is -2.03. The van der Waals surface area contributed by atoms with Crippen LogP contribution in [0.25, 0.3) is 11.3 Å². The summed E-state index contributed by atoms with van der Waals surface area (Å²) in [6, 6.07) is 1.88. The van der Waals surface area contributed by atoms with E-state index in [0.717, 1.165) is 17.0 Å². The van der Waals surface area contributed by atoms with Gasteiger partial charge in [-0.25, -0.2) is 9.97 Å². The highest BCUT2D eigenvalue weighted by Crippen LogP contribution is 2.20. The Kier molecular flexibility index (Phi) is 3.18. The van der Waals surface area contributed by atoms with Crippen LogP contribution in [0.3, 0.4) is 0 Å². The van der Waals surface area contributed by atoms with Crippen molar-refractivity contribution in [3.63, 3.8) is 0 Å². The van der Waals surface area contributed by atoms with Gasteiger partial charge in [0.1, 0.15) is 0 Å². The van der Waals surface area contributed by atoms with E-state index in [0.29, 0.717) is 12.5 Å². The maximum absolute atomic E-state index is 4.43. The first-order valence-electron chi connectivity index (χ1n) is 5.39. The minimum absolute atomic E-state index is 0.602. The fraction of sp³-hybridized carbons (Fsp3) is 0.250. The van der Waals surface area contributed by atoms with Gasteiger partial charge in [-0.15, -0.1) is 6.58 Å². The number of nitrogens with zero attached hydrogens (tertiary/aromatic N) is 4. The molecule has 0 fully saturated rings. The maximum Gasteiger partial charge on any atom is 0.223 e. The number of anilines is 1. The molecule has 0 aliphatic rings. The summed E-state index contributed by atoms with van der Waals surface area (Å²) in [5, 5.41) is 7.36. The van der Waals surface area contributed by atoms with E-state index in [1.54, 1.807) is 17.0 Å². The van der Waals surface area contributed by atoms with Crippen molar-refractivity contribution in [2.75, 3.05) is 11.9 Å². The molecule has 2 rings (SSSR count). The number of aromatic nitrogens is 4. The molecular weight excluding hydrogens is 214 g/mol. The van der Waals surface area contributed by atoms with Gasteiger partial charge in [0.25, 0.3) is 0 Å². The van der Waals surface area contributed by atoms with Crippen LogP contribution in [0.1, 0.15) is 5.69 Å². The van der Waals surface area contributed by atoms with Gasteiger partial charge in [-0.05, 0) is 13.0 Å². The lowest BCUT2D eigenvalue weighted by molar-refractivity contribution is 0.756. The highest BCUT2D eigenvalue weighted by atomic mass is 15.3. The molecule has 0 amide bonds. The third-order valence-electron chi connectivity index (χ3n) is 2.35. The van der Waals surface area contributed by atoms with Gasteiger partial charge in [0.05, 0.1) is 11.4 Å². The van der Waals surface area contributed by atoms with Crippen LogP contribution in [-0.2, 0) is 7.05 Å². The fourth-order valence-electron chi connectivity index (χ4n) is 1.61. The lowest BCUT2D eigenvalue weighted by Crippen LogP contribution is -2.03. The first-order chi connectivity index (χ1) is 8.20. The van der Waals surface area contributed by atoms with Crippen molar-refractivity contribution in [3.05, 3.63) is 36.8 Å². The summed E-state index contributed by atoms with van der Waals surface area (Å²) in [5.41, 5.74) is 2.86. The predicted molar refractivity (Wildman–Crippen MR) is 67.7 cm³/mol. The largest absolute Gasteiger partial charge is 0.351 e. The first-order valence-corrected chi connectivity index (χ1v) is 5.39. The zero-order valence-electron chi connectivity index (χ0n) is 10.0. The van der Waals surface area contributed by atoms with Crippen molar-refractivity contribution in [1.29, 1.82) is 0 Å². The maximum atomic E-state index is 4.43. The molecule has 0 aliphatic heterocycles. The summed E-state index contributed by atoms with van der Waals surface area (Å²) in [5.74, 6) is 0.602. The van der Waals surface area contributed by atoms with Crippen molar-refractivity contribution in [2.24, 2.45) is 7.05 Å². The fourth-order valence-corrected chi connectivity index (χ4v) is 1.61. The molecule has 5 heteroatoms. The normalized spacial score (nSPS) is 10.2. The van der Waals surface area contributed by atoms with E-state index in [4.69, 9.17) is 0 Å². The van der Waals surface area contributed by atoms with Crippen LogP contribution in [0, 0.1) is 6.92 Å². The van der Waals surface area contributed by atoms with Crippen molar-refractivity contribution in [2.45, 2.75) is 6.92 Å². The Morgan fingerprint density at radius 3 is 3.00 bits per heavy atom. The van der Waals surface area contributed by atoms with Gasteiger partial charge in [-0.2, -0.15) is 5.10 Å². The standard InChI is InChI=1S/C12H15N5/c1-4-6-13-12-14-7-5-11(15-12)10-8-17(3)16-9(10)2/h4-5,7-8H,1,6H2,2-3H3,(H,13,14,15). The highest BCUT2D eigenvalue weighted by Gasteiger charge is 2.08. The number of hydrogen-bond acceptors (Lipinski definition) is 4. The van der Waals surface area contributed by atoms with Crippen LogP contribution in [0.4, 0.5) is 5.95 Å². The van der Waals surface area contributed by atoms with E-state index in [-0.39, 0.29) is 0 Å². The van der Waals surface area contributed by atoms with E-state index >= 15 is 0 Å². The quantitative estimate of drug-likeness (QED) is 0.812. The third-order valence-corrected chi connectivity index (χ3v) is 2.35. The van der Waals surface area contributed by atoms with Crippen LogP contribution in [-0.4, -0.2) is 26.3 Å². The van der Waals surface area contributed by atoms with Crippen LogP contribution < -0.4 is 5.32 Å². The van der Waals surface area contributed by atoms with Crippen molar-refractivity contribution >= 4 is 5.95 Å². The average Bonchev–Trinajstić information content (AvgIpc) is 2.66. The van der Waals surface area contributed by atoms with Crippen molar-refractivity contribution in [3.8, 4) is 11.3 Å². The van der Waals surface area contributed by atoms with E-state index in [9.17, 15) is 0 Å². The van der Waals surface area contributed by atoms with E-state index < -0.39 is 0 Å². The lowest BCUT2D eigenvalue weighted by atomic mass is 10.2. The van der Waals surface area contributed by atoms with Gasteiger partial charge in [0, 0.05) is 31.5 Å². The minimum Gasteiger partial charge on any atom is -0.351 e. The molecule has 0 unspecified atom stereocenters. The minimum atomic E-state index is 0.602. The molecule has 0 saturated carbocycles. The highest BCUT2D eigenvalue weighted by molar-refractivity contribution is 5.61. The molecule has 0 saturated heterocycles. The Bertz CT molecular complexity index is 529. The summed E-state index contributed by atoms with van der Waals surface area (Å²) in [7, 11) is 1.90. The summed E-state index contributed by atoms with van der Waals surface area (Å²) in [6.07, 6.45) is 5.46. The molecule has 2 heterocycles. The number of nitrogens with one attached hydrogen (secondary N) is 1. The number of hydrogen-bond donors (Lipinski definition) is 1. The summed E-state index contributed by atoms with van der Waals surface area (Å²) in [4.78, 5) is 8.57. The molecule has 17 heavy (non-hydrogen) atoms. The molecule has 0 aliphatic carbocycles. The molecule has 0 radical (unpaired) electrons. The Labute approximate surface area is 100 Å². The van der Waals surface area contributed by atoms with Gasteiger partial charge in [-0.1, -0.05) is 6.08 Å². The first kappa shape index (κ1) is 11.3. The van der Waals surface area contributed by atoms with Gasteiger partial charge in [-0.3, -0.25) is 4.68 Å². The Morgan fingerprint density at radius 2 is 2.35 bits per heavy atom. The van der Waals surface area contributed by atoms with E-state index in [2.05, 4.69) is 27.0 Å². The van der Waals surface area contributed by atoms with Crippen molar-refractivity contribution in [1.82, 2.24) is 19.7 Å². The van der Waals surface area contributed by atoms with Gasteiger partial charge in [0.15, 0.2) is 0 Å². The van der Waals surface area contributed by atoms with E-state index in [1.807, 2.05) is 26.2 Å². The molecule has 1 N–H and O–H groups in total. The molecular formula is C12H15N5. The summed E-state index contributed by atoms with van der Waals surface area (Å²) < 4.78 is 1.78. The monoisotopic (exact) mass is 229 g/mol. The zero-order valence-corrected chi connectivity index (χ0v) is 10.0. The topological polar surface area (TPSA) is 55.6 Å². The predicted octanol–water partition coefficient (Wildman–Crippen LogP) is 1.78. The average molecular weight is 229 g/mol. The molecule has 0 bridgehead atoms. The molecule has 2 aromatic heterocycles. The molecule has 88 valence electrons. The summed E-state index contributed by atoms with van der Waals surface area (Å²) in [6.45, 7) is 6.26. The second-order valence-corrected chi connectivity index (χ2v) is 3.74. The van der Waals surface area contributed by atoms with Crippen LogP contribution in [0.5, 0.6) is 0 Å². The van der Waals surface area contributed by atoms with Crippen molar-refractivity contribution < 1.29 is 0 Å². The summed E-state index contributed by atoms with van der Waals surface area (Å²) >= 11 is 0. The second-order valence-electron chi connectivity index (χ2n) is 3.74. The number of rotatable bonds is 4. The molecule has 0 aromatic carbocycles. The second kappa shape index (κ2) is 4.78. The number of aryl methyl sites for hydroxylation is 2. The Hall–Kier alpha value is -2.17. The third kappa shape index (κ3) is 2.50. The van der Waals surface area contributed by atoms with Crippen LogP contribution in [0.2, 0.25) is 0 Å². The zero-order chi connectivity index (χ0) is 12.3. The molecule has 2 aromatic rings. The Balaban J connectivity index is 2.32. The smallest absolute Gasteiger partial charge is 0.223 e. The molecule has 0 atom stereocenters. The van der Waals surface area contributed by atoms with Gasteiger partial charge >= 0.3 is 0 Å². The molecule has 0 spiro atoms. The van der Waals surface area contributed by atoms with E-state index in [1.165, 1.54) is 0 Å². The SMILES string of the molecule is C=CCNc1nccc(-c2cn(C)nc2C)n1. The molecule has 5 nitrogen and oxygen atoms in total. The van der Waals surface area contributed by atoms with Gasteiger partial charge < -0.3 is 5.32 Å². The van der Waals surface area contributed by atoms with Gasteiger partial charge in [0.2, 0.25) is 5.95 Å². The van der Waals surface area contributed by atoms with Crippen LogP contribution >= 0.6 is 0 Å². The van der Waals surface area contributed by atoms with Crippen LogP contribution in [0.15, 0.2) is 31.1 Å².